The van der Waals surface area contributed by atoms with Crippen LogP contribution in [0.1, 0.15) is 16.1 Å². The van der Waals surface area contributed by atoms with Crippen LogP contribution in [0.4, 0.5) is 5.69 Å². The molecule has 0 bridgehead atoms. The second-order valence-electron chi connectivity index (χ2n) is 6.72. The van der Waals surface area contributed by atoms with Gasteiger partial charge in [0.25, 0.3) is 11.2 Å². The Morgan fingerprint density at radius 3 is 2.67 bits per heavy atom. The number of fused-ring (bicyclic) bond motifs is 2. The molecule has 4 aromatic heterocycles. The molecule has 4 heterocycles. The van der Waals surface area contributed by atoms with Crippen molar-refractivity contribution in [1.29, 1.82) is 0 Å². The van der Waals surface area contributed by atoms with Crippen molar-refractivity contribution in [3.63, 3.8) is 0 Å². The van der Waals surface area contributed by atoms with Gasteiger partial charge in [-0.05, 0) is 30.3 Å². The van der Waals surface area contributed by atoms with Gasteiger partial charge >= 0.3 is 0 Å². The fourth-order valence-electron chi connectivity index (χ4n) is 3.51. The number of benzene rings is 1. The van der Waals surface area contributed by atoms with Gasteiger partial charge < -0.3 is 14.4 Å². The third kappa shape index (κ3) is 2.68. The molecule has 0 atom stereocenters. The number of non-ortho nitro benzene ring substituents is 1. The molecule has 0 aliphatic heterocycles. The highest BCUT2D eigenvalue weighted by Gasteiger charge is 2.18. The van der Waals surface area contributed by atoms with E-state index < -0.39 is 4.92 Å². The summed E-state index contributed by atoms with van der Waals surface area (Å²) in [5, 5.41) is 11.7. The number of hydrogen-bond acceptors (Lipinski definition) is 5. The van der Waals surface area contributed by atoms with E-state index >= 15 is 0 Å². The first-order valence-electron chi connectivity index (χ1n) is 8.98. The molecule has 0 saturated heterocycles. The number of nitrogens with one attached hydrogen (secondary N) is 2. The fraction of sp³-hybridized carbons (Fsp3) is 0. The molecule has 0 aliphatic rings. The molecule has 0 unspecified atom stereocenters. The van der Waals surface area contributed by atoms with Crippen LogP contribution < -0.4 is 5.56 Å². The number of hydrogen-bond donors (Lipinski definition) is 2. The largest absolute Gasteiger partial charge is 0.346 e. The molecule has 0 spiro atoms. The van der Waals surface area contributed by atoms with E-state index in [-0.39, 0.29) is 28.3 Å². The summed E-state index contributed by atoms with van der Waals surface area (Å²) in [7, 11) is 0. The summed E-state index contributed by atoms with van der Waals surface area (Å²) in [6, 6.07) is 10.8. The van der Waals surface area contributed by atoms with E-state index in [1.807, 2.05) is 12.1 Å². The normalized spacial score (nSPS) is 11.2. The summed E-state index contributed by atoms with van der Waals surface area (Å²) in [6.07, 6.45) is 6.56. The molecule has 2 N–H and O–H groups in total. The van der Waals surface area contributed by atoms with E-state index in [4.69, 9.17) is 0 Å². The van der Waals surface area contributed by atoms with Gasteiger partial charge in [-0.3, -0.25) is 19.7 Å². The molecule has 9 nitrogen and oxygen atoms in total. The van der Waals surface area contributed by atoms with Crippen LogP contribution in [0, 0.1) is 10.1 Å². The lowest BCUT2D eigenvalue weighted by molar-refractivity contribution is -0.384. The molecule has 5 rings (SSSR count). The van der Waals surface area contributed by atoms with Crippen molar-refractivity contribution >= 4 is 28.0 Å². The summed E-state index contributed by atoms with van der Waals surface area (Å²) in [4.78, 5) is 45.7. The van der Waals surface area contributed by atoms with Crippen LogP contribution in [0.15, 0.2) is 72.0 Å². The van der Waals surface area contributed by atoms with Crippen LogP contribution >= 0.6 is 0 Å². The Bertz CT molecular complexity index is 1510. The van der Waals surface area contributed by atoms with E-state index in [1.54, 1.807) is 24.7 Å². The van der Waals surface area contributed by atoms with Gasteiger partial charge in [0.1, 0.15) is 16.9 Å². The standard InChI is InChI=1S/C21H13N5O4/c27-19(12-3-5-14(6-4-12)26(29)30)18-10-24-21(28)17-8-13(11-25(17)18)16-9-23-20-15(16)2-1-7-22-20/h1-11H,(H,22,23)(H,24,28). The van der Waals surface area contributed by atoms with Gasteiger partial charge in [-0.2, -0.15) is 0 Å². The van der Waals surface area contributed by atoms with Crippen molar-refractivity contribution in [2.24, 2.45) is 0 Å². The molecule has 0 amide bonds. The molecule has 0 aliphatic carbocycles. The molecule has 1 aromatic carbocycles. The highest BCUT2D eigenvalue weighted by Crippen LogP contribution is 2.29. The van der Waals surface area contributed by atoms with Crippen molar-refractivity contribution in [3.8, 4) is 11.1 Å². The topological polar surface area (TPSA) is 126 Å². The maximum absolute atomic E-state index is 13.0. The van der Waals surface area contributed by atoms with Crippen molar-refractivity contribution in [3.05, 3.63) is 99.0 Å². The van der Waals surface area contributed by atoms with Crippen molar-refractivity contribution < 1.29 is 9.72 Å². The highest BCUT2D eigenvalue weighted by molar-refractivity contribution is 6.08. The van der Waals surface area contributed by atoms with E-state index in [0.717, 1.165) is 22.2 Å². The number of aromatic nitrogens is 4. The highest BCUT2D eigenvalue weighted by atomic mass is 16.6. The summed E-state index contributed by atoms with van der Waals surface area (Å²) in [6.45, 7) is 0. The number of nitro benzene ring substituents is 1. The lowest BCUT2D eigenvalue weighted by Crippen LogP contribution is -2.15. The average molecular weight is 399 g/mol. The van der Waals surface area contributed by atoms with Crippen LogP contribution in [0.25, 0.3) is 27.7 Å². The molecule has 146 valence electrons. The van der Waals surface area contributed by atoms with E-state index in [0.29, 0.717) is 5.52 Å². The number of aromatic amines is 2. The van der Waals surface area contributed by atoms with Gasteiger partial charge in [0.15, 0.2) is 0 Å². The zero-order chi connectivity index (χ0) is 20.8. The first-order valence-corrected chi connectivity index (χ1v) is 8.98. The van der Waals surface area contributed by atoms with Gasteiger partial charge in [0.2, 0.25) is 5.78 Å². The number of carbonyl (C=O) groups excluding carboxylic acids is 1. The first-order chi connectivity index (χ1) is 14.5. The minimum atomic E-state index is -0.527. The van der Waals surface area contributed by atoms with Gasteiger partial charge in [-0.1, -0.05) is 0 Å². The zero-order valence-electron chi connectivity index (χ0n) is 15.3. The minimum Gasteiger partial charge on any atom is -0.346 e. The van der Waals surface area contributed by atoms with Crippen molar-refractivity contribution in [2.45, 2.75) is 0 Å². The number of ketones is 1. The Hall–Kier alpha value is -4.53. The maximum Gasteiger partial charge on any atom is 0.272 e. The Kier molecular flexibility index (Phi) is 3.82. The van der Waals surface area contributed by atoms with Gasteiger partial charge in [0.05, 0.1) is 4.92 Å². The molecular formula is C21H13N5O4. The van der Waals surface area contributed by atoms with Gasteiger partial charge in [0, 0.05) is 59.0 Å². The van der Waals surface area contributed by atoms with Crippen LogP contribution in [-0.2, 0) is 0 Å². The summed E-state index contributed by atoms with van der Waals surface area (Å²) in [5.41, 5.74) is 2.73. The number of carbonyl (C=O) groups is 1. The summed E-state index contributed by atoms with van der Waals surface area (Å²) >= 11 is 0. The minimum absolute atomic E-state index is 0.102. The lowest BCUT2D eigenvalue weighted by atomic mass is 10.1. The zero-order valence-corrected chi connectivity index (χ0v) is 15.3. The van der Waals surface area contributed by atoms with Crippen LogP contribution in [0.5, 0.6) is 0 Å². The second kappa shape index (κ2) is 6.52. The van der Waals surface area contributed by atoms with E-state index in [1.165, 1.54) is 34.9 Å². The predicted molar refractivity (Wildman–Crippen MR) is 110 cm³/mol. The number of nitro groups is 1. The molecule has 30 heavy (non-hydrogen) atoms. The maximum atomic E-state index is 13.0. The summed E-state index contributed by atoms with van der Waals surface area (Å²) in [5.74, 6) is -0.367. The van der Waals surface area contributed by atoms with Crippen LogP contribution in [-0.4, -0.2) is 30.1 Å². The van der Waals surface area contributed by atoms with Crippen molar-refractivity contribution in [1.82, 2.24) is 19.4 Å². The third-order valence-electron chi connectivity index (χ3n) is 4.99. The molecule has 5 aromatic rings. The quantitative estimate of drug-likeness (QED) is 0.272. The second-order valence-corrected chi connectivity index (χ2v) is 6.72. The number of nitrogens with zero attached hydrogens (tertiary/aromatic N) is 3. The molecule has 0 fully saturated rings. The SMILES string of the molecule is O=C(c1ccc([N+](=O)[O-])cc1)c1c[nH]c(=O)c2cc(-c3c[nH]c4ncccc34)cn12. The van der Waals surface area contributed by atoms with Crippen LogP contribution in [0.2, 0.25) is 0 Å². The molecule has 0 saturated carbocycles. The summed E-state index contributed by atoms with van der Waals surface area (Å²) < 4.78 is 1.53. The van der Waals surface area contributed by atoms with Gasteiger partial charge in [-0.25, -0.2) is 4.98 Å². The molecule has 0 radical (unpaired) electrons. The first kappa shape index (κ1) is 17.6. The fourth-order valence-corrected chi connectivity index (χ4v) is 3.51. The lowest BCUT2D eigenvalue weighted by Gasteiger charge is -2.05. The Morgan fingerprint density at radius 2 is 1.90 bits per heavy atom. The molecular weight excluding hydrogens is 386 g/mol. The van der Waals surface area contributed by atoms with Gasteiger partial charge in [-0.15, -0.1) is 0 Å². The third-order valence-corrected chi connectivity index (χ3v) is 4.99. The van der Waals surface area contributed by atoms with E-state index in [2.05, 4.69) is 15.0 Å². The number of H-pyrrole nitrogens is 2. The Labute approximate surface area is 167 Å². The number of rotatable bonds is 4. The van der Waals surface area contributed by atoms with Crippen LogP contribution in [0.3, 0.4) is 0 Å². The molecule has 9 heteroatoms. The van der Waals surface area contributed by atoms with E-state index in [9.17, 15) is 19.7 Å². The van der Waals surface area contributed by atoms with Crippen molar-refractivity contribution in [2.75, 3.05) is 0 Å². The average Bonchev–Trinajstić information content (AvgIpc) is 3.38. The number of pyridine rings is 1. The monoisotopic (exact) mass is 399 g/mol. The smallest absolute Gasteiger partial charge is 0.272 e. The Morgan fingerprint density at radius 1 is 1.10 bits per heavy atom. The predicted octanol–water partition coefficient (Wildman–Crippen LogP) is 3.31. The Balaban J connectivity index is 1.65.